The van der Waals surface area contributed by atoms with Crippen LogP contribution in [0.15, 0.2) is 42.5 Å². The number of benzene rings is 2. The third kappa shape index (κ3) is 4.83. The first kappa shape index (κ1) is 22.0. The van der Waals surface area contributed by atoms with E-state index in [0.717, 1.165) is 23.7 Å². The summed E-state index contributed by atoms with van der Waals surface area (Å²) in [6.45, 7) is 2.65. The molecular weight excluding hydrogens is 431 g/mol. The summed E-state index contributed by atoms with van der Waals surface area (Å²) in [7, 11) is 3.10. The molecule has 32 heavy (non-hydrogen) atoms. The van der Waals surface area contributed by atoms with Crippen molar-refractivity contribution < 1.29 is 18.7 Å². The summed E-state index contributed by atoms with van der Waals surface area (Å²) >= 11 is 1.35. The van der Waals surface area contributed by atoms with Gasteiger partial charge in [0.2, 0.25) is 5.13 Å². The number of carbonyl (C=O) groups excluding carboxylic acids is 1. The van der Waals surface area contributed by atoms with Gasteiger partial charge in [-0.15, -0.1) is 0 Å². The SMILES string of the molecule is COc1cccc(OC)c1C(=O)N1CCCN(c2nc(Cc3ccc(F)cc3)ns2)CC1. The van der Waals surface area contributed by atoms with Crippen molar-refractivity contribution in [2.75, 3.05) is 45.3 Å². The third-order valence-corrected chi connectivity index (χ3v) is 6.24. The number of ether oxygens (including phenoxy) is 2. The van der Waals surface area contributed by atoms with Gasteiger partial charge in [0.1, 0.15) is 28.7 Å². The molecule has 0 N–H and O–H groups in total. The molecule has 1 aliphatic heterocycles. The lowest BCUT2D eigenvalue weighted by Gasteiger charge is -2.23. The molecule has 0 saturated carbocycles. The molecule has 1 amide bonds. The Kier molecular flexibility index (Phi) is 6.84. The number of amides is 1. The van der Waals surface area contributed by atoms with E-state index in [1.54, 1.807) is 44.6 Å². The van der Waals surface area contributed by atoms with Crippen LogP contribution in [-0.2, 0) is 6.42 Å². The predicted molar refractivity (Wildman–Crippen MR) is 121 cm³/mol. The Morgan fingerprint density at radius 3 is 2.44 bits per heavy atom. The lowest BCUT2D eigenvalue weighted by molar-refractivity contribution is 0.0760. The van der Waals surface area contributed by atoms with Gasteiger partial charge in [-0.3, -0.25) is 4.79 Å². The molecule has 0 unspecified atom stereocenters. The van der Waals surface area contributed by atoms with Crippen LogP contribution in [0.3, 0.4) is 0 Å². The smallest absolute Gasteiger partial charge is 0.261 e. The second-order valence-corrected chi connectivity index (χ2v) is 8.20. The maximum atomic E-state index is 13.3. The number of rotatable bonds is 6. The number of carbonyl (C=O) groups is 1. The molecule has 2 heterocycles. The minimum atomic E-state index is -0.255. The molecule has 0 bridgehead atoms. The minimum Gasteiger partial charge on any atom is -0.496 e. The Balaban J connectivity index is 1.43. The molecule has 1 aromatic heterocycles. The summed E-state index contributed by atoms with van der Waals surface area (Å²) in [5, 5.41) is 0.839. The summed E-state index contributed by atoms with van der Waals surface area (Å²) < 4.78 is 28.4. The Hall–Kier alpha value is -3.20. The molecule has 0 radical (unpaired) electrons. The Labute approximate surface area is 190 Å². The Bertz CT molecular complexity index is 1050. The first-order valence-corrected chi connectivity index (χ1v) is 11.2. The summed E-state index contributed by atoms with van der Waals surface area (Å²) in [6, 6.07) is 11.7. The molecular formula is C23H25FN4O3S. The van der Waals surface area contributed by atoms with Crippen LogP contribution in [0.4, 0.5) is 9.52 Å². The number of methoxy groups -OCH3 is 2. The fraction of sp³-hybridized carbons (Fsp3) is 0.348. The highest BCUT2D eigenvalue weighted by molar-refractivity contribution is 7.09. The molecule has 168 valence electrons. The van der Waals surface area contributed by atoms with Crippen molar-refractivity contribution in [2.45, 2.75) is 12.8 Å². The zero-order valence-corrected chi connectivity index (χ0v) is 18.9. The van der Waals surface area contributed by atoms with Gasteiger partial charge in [-0.05, 0) is 36.2 Å². The van der Waals surface area contributed by atoms with Crippen LogP contribution < -0.4 is 14.4 Å². The summed E-state index contributed by atoms with van der Waals surface area (Å²) in [6.07, 6.45) is 1.37. The lowest BCUT2D eigenvalue weighted by atomic mass is 10.1. The van der Waals surface area contributed by atoms with Crippen LogP contribution >= 0.6 is 11.5 Å². The fourth-order valence-electron chi connectivity index (χ4n) is 3.76. The highest BCUT2D eigenvalue weighted by Gasteiger charge is 2.26. The van der Waals surface area contributed by atoms with Gasteiger partial charge in [-0.25, -0.2) is 9.37 Å². The number of anilines is 1. The molecule has 0 aliphatic carbocycles. The molecule has 2 aromatic carbocycles. The van der Waals surface area contributed by atoms with Crippen LogP contribution in [-0.4, -0.2) is 60.6 Å². The van der Waals surface area contributed by atoms with E-state index in [-0.39, 0.29) is 11.7 Å². The minimum absolute atomic E-state index is 0.101. The molecule has 9 heteroatoms. The van der Waals surface area contributed by atoms with E-state index >= 15 is 0 Å². The van der Waals surface area contributed by atoms with Gasteiger partial charge in [-0.2, -0.15) is 4.37 Å². The van der Waals surface area contributed by atoms with Crippen LogP contribution in [0, 0.1) is 5.82 Å². The zero-order valence-electron chi connectivity index (χ0n) is 18.1. The van der Waals surface area contributed by atoms with Gasteiger partial charge < -0.3 is 19.3 Å². The molecule has 1 aliphatic rings. The van der Waals surface area contributed by atoms with Crippen LogP contribution in [0.5, 0.6) is 11.5 Å². The molecule has 7 nitrogen and oxygen atoms in total. The van der Waals surface area contributed by atoms with Crippen molar-refractivity contribution in [3.8, 4) is 11.5 Å². The van der Waals surface area contributed by atoms with E-state index in [1.165, 1.54) is 23.7 Å². The average molecular weight is 457 g/mol. The number of hydrogen-bond donors (Lipinski definition) is 0. The van der Waals surface area contributed by atoms with Crippen molar-refractivity contribution in [1.82, 2.24) is 14.3 Å². The largest absolute Gasteiger partial charge is 0.496 e. The van der Waals surface area contributed by atoms with E-state index in [9.17, 15) is 9.18 Å². The summed E-state index contributed by atoms with van der Waals surface area (Å²) in [4.78, 5) is 22.0. The van der Waals surface area contributed by atoms with E-state index in [2.05, 4.69) is 14.3 Å². The number of hydrogen-bond acceptors (Lipinski definition) is 7. The average Bonchev–Trinajstić information content (AvgIpc) is 3.14. The monoisotopic (exact) mass is 456 g/mol. The predicted octanol–water partition coefficient (Wildman–Crippen LogP) is 3.64. The van der Waals surface area contributed by atoms with E-state index in [0.29, 0.717) is 48.9 Å². The second-order valence-electron chi connectivity index (χ2n) is 7.47. The summed E-state index contributed by atoms with van der Waals surface area (Å²) in [5.41, 5.74) is 1.41. The molecule has 1 saturated heterocycles. The van der Waals surface area contributed by atoms with Gasteiger partial charge in [0, 0.05) is 44.1 Å². The van der Waals surface area contributed by atoms with Gasteiger partial charge in [-0.1, -0.05) is 18.2 Å². The van der Waals surface area contributed by atoms with Crippen LogP contribution in [0.2, 0.25) is 0 Å². The van der Waals surface area contributed by atoms with E-state index in [4.69, 9.17) is 9.47 Å². The summed E-state index contributed by atoms with van der Waals surface area (Å²) in [5.74, 6) is 1.37. The first-order chi connectivity index (χ1) is 15.6. The fourth-order valence-corrected chi connectivity index (χ4v) is 4.50. The maximum absolute atomic E-state index is 13.3. The Morgan fingerprint density at radius 2 is 1.75 bits per heavy atom. The second kappa shape index (κ2) is 9.95. The van der Waals surface area contributed by atoms with E-state index < -0.39 is 0 Å². The number of aromatic nitrogens is 2. The first-order valence-electron chi connectivity index (χ1n) is 10.4. The van der Waals surface area contributed by atoms with E-state index in [1.807, 2.05) is 4.90 Å². The highest BCUT2D eigenvalue weighted by Crippen LogP contribution is 2.30. The van der Waals surface area contributed by atoms with Crippen molar-refractivity contribution in [3.05, 3.63) is 65.2 Å². The van der Waals surface area contributed by atoms with Gasteiger partial charge in [0.25, 0.3) is 5.91 Å². The lowest BCUT2D eigenvalue weighted by Crippen LogP contribution is -2.35. The topological polar surface area (TPSA) is 67.8 Å². The molecule has 1 fully saturated rings. The third-order valence-electron chi connectivity index (χ3n) is 5.43. The number of halogens is 1. The quantitative estimate of drug-likeness (QED) is 0.564. The van der Waals surface area contributed by atoms with Gasteiger partial charge in [0.05, 0.1) is 14.2 Å². The van der Waals surface area contributed by atoms with Crippen molar-refractivity contribution in [2.24, 2.45) is 0 Å². The van der Waals surface area contributed by atoms with Crippen LogP contribution in [0.1, 0.15) is 28.2 Å². The molecule has 0 atom stereocenters. The molecule has 3 aromatic rings. The highest BCUT2D eigenvalue weighted by atomic mass is 32.1. The van der Waals surface area contributed by atoms with Crippen molar-refractivity contribution in [3.63, 3.8) is 0 Å². The standard InChI is InChI=1S/C23H25FN4O3S/c1-30-18-5-3-6-19(31-2)21(18)22(29)27-11-4-12-28(14-13-27)23-25-20(26-32-23)15-16-7-9-17(24)10-8-16/h3,5-10H,4,11-15H2,1-2H3. The molecule has 0 spiro atoms. The Morgan fingerprint density at radius 1 is 1.03 bits per heavy atom. The molecule has 4 rings (SSSR count). The van der Waals surface area contributed by atoms with Crippen molar-refractivity contribution in [1.29, 1.82) is 0 Å². The van der Waals surface area contributed by atoms with Crippen LogP contribution in [0.25, 0.3) is 0 Å². The van der Waals surface area contributed by atoms with Gasteiger partial charge >= 0.3 is 0 Å². The van der Waals surface area contributed by atoms with Gasteiger partial charge in [0.15, 0.2) is 0 Å². The maximum Gasteiger partial charge on any atom is 0.261 e. The van der Waals surface area contributed by atoms with Crippen molar-refractivity contribution >= 4 is 22.6 Å². The number of nitrogens with zero attached hydrogens (tertiary/aromatic N) is 4. The zero-order chi connectivity index (χ0) is 22.5. The normalized spacial score (nSPS) is 14.2.